The molecule has 1 N–H and O–H groups in total. The number of ether oxygens (including phenoxy) is 1. The second-order valence-corrected chi connectivity index (χ2v) is 11.5. The largest absolute Gasteiger partial charge is 0.468 e. The molecule has 232 valence electrons. The van der Waals surface area contributed by atoms with Crippen LogP contribution in [0.5, 0.6) is 0 Å². The van der Waals surface area contributed by atoms with Gasteiger partial charge in [-0.15, -0.1) is 0 Å². The first-order valence-electron chi connectivity index (χ1n) is 22.3. The predicted octanol–water partition coefficient (Wildman–Crippen LogP) is 6.19. The highest BCUT2D eigenvalue weighted by molar-refractivity contribution is 5.80. The number of piperidine rings is 3. The number of likely N-dealkylation sites (tertiary alicyclic amines) is 3. The average molecular weight is 555 g/mol. The van der Waals surface area contributed by atoms with E-state index in [4.69, 9.17) is 25.5 Å². The molecule has 0 amide bonds. The lowest BCUT2D eigenvalue weighted by atomic mass is 9.82. The molecule has 0 aromatic carbocycles. The number of ketones is 1. The standard InChI is InChI=1S/C14H24N2O3.C14H27NO.C2H6.8H2/c1-15-7-3-11(4-8-15)13(14(18)19-2)16-9-5-12(17)6-10-16;1-12-7-9-15(10-8-12)14(11-16)13-5-3-2-4-6-13;1-2;;;;;;;;/h11,13H,3-10H2,1-2H3;12-14,16H,2-11H2,1H3;1-2H3;8*1H/i;;;7*1+1D;1+1. The van der Waals surface area contributed by atoms with E-state index < -0.39 is 0 Å². The number of carbonyl (C=O) groups excluding carboxylic acids is 2. The fraction of sp³-hybridized carbons (Fsp3) is 0.933. The maximum atomic E-state index is 12.1. The van der Waals surface area contributed by atoms with Gasteiger partial charge in [0.2, 0.25) is 0 Å². The van der Waals surface area contributed by atoms with Crippen LogP contribution >= 0.6 is 0 Å². The molecular weight excluding hydrogens is 466 g/mol. The van der Waals surface area contributed by atoms with Gasteiger partial charge < -0.3 is 14.7 Å². The van der Waals surface area contributed by atoms with Crippen LogP contribution in [0.3, 0.4) is 0 Å². The van der Waals surface area contributed by atoms with Crippen molar-refractivity contribution in [3.63, 3.8) is 0 Å². The lowest BCUT2D eigenvalue weighted by molar-refractivity contribution is -0.151. The molecule has 0 aromatic heterocycles. The van der Waals surface area contributed by atoms with Gasteiger partial charge >= 0.3 is 5.97 Å². The highest BCUT2D eigenvalue weighted by atomic mass is 16.5. The van der Waals surface area contributed by atoms with Gasteiger partial charge in [-0.25, -0.2) is 0 Å². The van der Waals surface area contributed by atoms with Crippen LogP contribution in [0.1, 0.15) is 114 Å². The molecule has 3 saturated heterocycles. The monoisotopic (exact) mass is 555 g/mol. The fourth-order valence-electron chi connectivity index (χ4n) is 6.60. The number of esters is 1. The third-order valence-electron chi connectivity index (χ3n) is 9.07. The summed E-state index contributed by atoms with van der Waals surface area (Å²) >= 11 is 0. The molecule has 4 aliphatic rings. The zero-order chi connectivity index (χ0) is 41.2. The normalized spacial score (nSPS) is 26.8. The molecular formula is C30H73N3O4. The second-order valence-electron chi connectivity index (χ2n) is 11.5. The summed E-state index contributed by atoms with van der Waals surface area (Å²) in [5.41, 5.74) is 0. The molecule has 3 heterocycles. The van der Waals surface area contributed by atoms with E-state index in [2.05, 4.69) is 28.7 Å². The molecule has 7 heteroatoms. The minimum Gasteiger partial charge on any atom is -0.468 e. The Morgan fingerprint density at radius 3 is 2.00 bits per heavy atom. The van der Waals surface area contributed by atoms with Crippen molar-refractivity contribution >= 4 is 11.8 Å². The van der Waals surface area contributed by atoms with Crippen molar-refractivity contribution in [2.24, 2.45) is 17.8 Å². The van der Waals surface area contributed by atoms with Crippen LogP contribution in [0.2, 0.25) is 0 Å². The summed E-state index contributed by atoms with van der Waals surface area (Å²) in [4.78, 5) is 30.5. The van der Waals surface area contributed by atoms with Crippen molar-refractivity contribution in [2.45, 2.75) is 103 Å². The molecule has 2 unspecified atom stereocenters. The van der Waals surface area contributed by atoms with Crippen LogP contribution in [0.25, 0.3) is 0 Å². The molecule has 7 nitrogen and oxygen atoms in total. The quantitative estimate of drug-likeness (QED) is 0.393. The third kappa shape index (κ3) is 10.2. The first-order valence-corrected chi connectivity index (χ1v) is 15.3. The first kappa shape index (κ1) is 22.8. The van der Waals surface area contributed by atoms with Gasteiger partial charge in [-0.3, -0.25) is 19.4 Å². The number of hydrogen-bond donors (Lipinski definition) is 1. The Balaban J connectivity index is -0.000000111. The smallest absolute Gasteiger partial charge is 0.323 e. The number of aliphatic hydroxyl groups excluding tert-OH is 1. The minimum atomic E-state index is -0.160. The average Bonchev–Trinajstić information content (AvgIpc) is 3.24. The van der Waals surface area contributed by atoms with E-state index in [0.717, 1.165) is 37.8 Å². The van der Waals surface area contributed by atoms with Gasteiger partial charge in [-0.1, -0.05) is 40.0 Å². The van der Waals surface area contributed by atoms with Crippen molar-refractivity contribution in [2.75, 3.05) is 60.0 Å². The molecule has 1 saturated carbocycles. The molecule has 1 aliphatic carbocycles. The van der Waals surface area contributed by atoms with Crippen molar-refractivity contribution < 1.29 is 41.6 Å². The highest BCUT2D eigenvalue weighted by Gasteiger charge is 2.37. The van der Waals surface area contributed by atoms with Crippen LogP contribution in [0.4, 0.5) is 0 Å². The van der Waals surface area contributed by atoms with Gasteiger partial charge in [-0.05, 0) is 89.5 Å². The number of carbonyl (C=O) groups is 2. The van der Waals surface area contributed by atoms with Gasteiger partial charge in [0.05, 0.1) is 13.7 Å². The Morgan fingerprint density at radius 1 is 0.919 bits per heavy atom. The van der Waals surface area contributed by atoms with Crippen molar-refractivity contribution in [3.8, 4) is 0 Å². The van der Waals surface area contributed by atoms with Crippen LogP contribution in [0, 0.1) is 17.8 Å². The summed E-state index contributed by atoms with van der Waals surface area (Å²) in [5, 5.41) is 9.65. The molecule has 0 aromatic rings. The van der Waals surface area contributed by atoms with Crippen LogP contribution in [-0.2, 0) is 14.3 Å². The maximum Gasteiger partial charge on any atom is 0.323 e. The lowest BCUT2D eigenvalue weighted by Crippen LogP contribution is -2.52. The van der Waals surface area contributed by atoms with Crippen LogP contribution in [-0.4, -0.2) is 104 Å². The lowest BCUT2D eigenvalue weighted by Gasteiger charge is -2.41. The van der Waals surface area contributed by atoms with Gasteiger partial charge in [0, 0.05) is 54.2 Å². The summed E-state index contributed by atoms with van der Waals surface area (Å²) in [7, 11) is 3.57. The molecule has 0 radical (unpaired) electrons. The van der Waals surface area contributed by atoms with E-state index in [9.17, 15) is 14.7 Å². The van der Waals surface area contributed by atoms with Crippen LogP contribution in [0.15, 0.2) is 0 Å². The predicted molar refractivity (Wildman–Crippen MR) is 168 cm³/mol. The van der Waals surface area contributed by atoms with E-state index in [-0.39, 0.29) is 13.4 Å². The highest BCUT2D eigenvalue weighted by Crippen LogP contribution is 2.31. The number of methoxy groups -OCH3 is 1. The Labute approximate surface area is 250 Å². The number of nitrogens with zero attached hydrogens (tertiary/aromatic N) is 3. The van der Waals surface area contributed by atoms with Crippen molar-refractivity contribution in [1.82, 2.24) is 14.7 Å². The Bertz CT molecular complexity index is 674. The van der Waals surface area contributed by atoms with Gasteiger partial charge in [0.1, 0.15) is 11.8 Å². The Morgan fingerprint density at radius 2 is 1.49 bits per heavy atom. The van der Waals surface area contributed by atoms with E-state index in [1.807, 2.05) is 13.8 Å². The zero-order valence-corrected chi connectivity index (χ0v) is 24.6. The third-order valence-corrected chi connectivity index (χ3v) is 9.07. The summed E-state index contributed by atoms with van der Waals surface area (Å²) in [6.45, 7) is 12.6. The summed E-state index contributed by atoms with van der Waals surface area (Å²) < 4.78 is 75.0. The van der Waals surface area contributed by atoms with E-state index in [1.165, 1.54) is 65.1 Å². The Kier molecular flexibility index (Phi) is 10.8. The van der Waals surface area contributed by atoms with Crippen molar-refractivity contribution in [3.05, 3.63) is 0 Å². The number of aliphatic hydroxyl groups is 1. The van der Waals surface area contributed by atoms with E-state index in [0.29, 0.717) is 50.3 Å². The molecule has 3 aliphatic heterocycles. The molecule has 0 spiro atoms. The van der Waals surface area contributed by atoms with Crippen LogP contribution < -0.4 is 0 Å². The SMILES string of the molecule is CC.CC1CCN(C(CO)C2CCCCC2)CC1.COC(=O)C(C1CCN(C)CC1)N1CCC(=O)CC1.[2HH].[2H][2H].[2H][2H].[2H][2H].[2H][2H].[2H][2H].[2H][2H].[2H][2H]. The van der Waals surface area contributed by atoms with Gasteiger partial charge in [-0.2, -0.15) is 0 Å². The van der Waals surface area contributed by atoms with Crippen molar-refractivity contribution in [1.29, 1.82) is 0 Å². The zero-order valence-electron chi connectivity index (χ0n) is 38.6. The Hall–Kier alpha value is -1.02. The fourth-order valence-corrected chi connectivity index (χ4v) is 6.60. The summed E-state index contributed by atoms with van der Waals surface area (Å²) in [6, 6.07) is 0.305. The minimum absolute atomic E-state index is 0. The molecule has 37 heavy (non-hydrogen) atoms. The molecule has 0 bridgehead atoms. The van der Waals surface area contributed by atoms with Gasteiger partial charge in [0.15, 0.2) is 0 Å². The molecule has 2 atom stereocenters. The molecule has 4 rings (SSSR count). The first-order chi connectivity index (χ1) is 24.9. The van der Waals surface area contributed by atoms with Gasteiger partial charge in [0.25, 0.3) is 0 Å². The summed E-state index contributed by atoms with van der Waals surface area (Å²) in [6.07, 6.45) is 12.7. The topological polar surface area (TPSA) is 73.3 Å². The number of hydrogen-bond acceptors (Lipinski definition) is 7. The summed E-state index contributed by atoms with van der Waals surface area (Å²) in [5.74, 6) is 2.19. The van der Waals surface area contributed by atoms with E-state index in [1.54, 1.807) is 0 Å². The molecule has 4 fully saturated rings. The maximum absolute atomic E-state index is 12.1. The second kappa shape index (κ2) is 17.5. The number of rotatable bonds is 6. The van der Waals surface area contributed by atoms with E-state index >= 15 is 0 Å². The number of Topliss-reactive ketones (excluding diaryl/α,β-unsaturated/α-hetero) is 1.